The summed E-state index contributed by atoms with van der Waals surface area (Å²) in [5.41, 5.74) is 1.40. The molecule has 4 heterocycles. The molecule has 0 fully saturated rings. The average Bonchev–Trinajstić information content (AvgIpc) is 3.51. The van der Waals surface area contributed by atoms with E-state index >= 15 is 0 Å². The summed E-state index contributed by atoms with van der Waals surface area (Å²) in [5.74, 6) is 1.44. The van der Waals surface area contributed by atoms with Gasteiger partial charge in [0.1, 0.15) is 0 Å². The van der Waals surface area contributed by atoms with Gasteiger partial charge >= 0.3 is 0 Å². The van der Waals surface area contributed by atoms with Crippen LogP contribution >= 0.6 is 11.3 Å². The molecule has 0 aliphatic heterocycles. The largest absolute Gasteiger partial charge is 0.308 e. The molecule has 4 aromatic heterocycles. The molecule has 0 radical (unpaired) electrons. The molecule has 11 heteroatoms. The smallest absolute Gasteiger partial charge is 0.233 e. The van der Waals surface area contributed by atoms with Crippen LogP contribution in [0.1, 0.15) is 34.6 Å². The van der Waals surface area contributed by atoms with E-state index in [2.05, 4.69) is 39.5 Å². The van der Waals surface area contributed by atoms with Crippen molar-refractivity contribution in [3.63, 3.8) is 0 Å². The van der Waals surface area contributed by atoms with Crippen LogP contribution in [-0.2, 0) is 11.3 Å². The minimum absolute atomic E-state index is 0.164. The van der Waals surface area contributed by atoms with Crippen LogP contribution in [0.4, 0.5) is 16.9 Å². The summed E-state index contributed by atoms with van der Waals surface area (Å²) in [6, 6.07) is 9.76. The van der Waals surface area contributed by atoms with E-state index in [0.29, 0.717) is 46.5 Å². The van der Waals surface area contributed by atoms with Gasteiger partial charge in [-0.2, -0.15) is 15.1 Å². The van der Waals surface area contributed by atoms with Crippen LogP contribution < -0.4 is 10.6 Å². The standard InChI is InChI=1S/C24H27N9OS/c1-14(2)13-32-19-17(27-23(32)33-12-8-11-25-33)18(28-20(34)24(3,4)5)29-21(30-19)31-22-26-15-9-6-7-10-16(15)35-22/h6-12,14H,13H2,1-5H3,(H2,26,28,29,30,31,34). The zero-order chi connectivity index (χ0) is 24.7. The third-order valence-electron chi connectivity index (χ3n) is 5.26. The Morgan fingerprint density at radius 3 is 2.57 bits per heavy atom. The minimum atomic E-state index is -0.608. The lowest BCUT2D eigenvalue weighted by Crippen LogP contribution is -2.28. The number of carbonyl (C=O) groups excluding carboxylic acids is 1. The molecule has 2 N–H and O–H groups in total. The summed E-state index contributed by atoms with van der Waals surface area (Å²) in [4.78, 5) is 31.8. The molecule has 0 spiro atoms. The van der Waals surface area contributed by atoms with Gasteiger partial charge in [-0.1, -0.05) is 58.1 Å². The maximum absolute atomic E-state index is 12.9. The van der Waals surface area contributed by atoms with Crippen molar-refractivity contribution in [1.82, 2.24) is 34.3 Å². The number of nitrogens with zero attached hydrogens (tertiary/aromatic N) is 7. The van der Waals surface area contributed by atoms with E-state index < -0.39 is 5.41 Å². The lowest BCUT2D eigenvalue weighted by molar-refractivity contribution is -0.123. The number of hydrogen-bond donors (Lipinski definition) is 2. The van der Waals surface area contributed by atoms with E-state index in [0.717, 1.165) is 10.2 Å². The van der Waals surface area contributed by atoms with Gasteiger partial charge in [-0.05, 0) is 24.1 Å². The predicted molar refractivity (Wildman–Crippen MR) is 138 cm³/mol. The molecular weight excluding hydrogens is 462 g/mol. The van der Waals surface area contributed by atoms with Crippen molar-refractivity contribution in [1.29, 1.82) is 0 Å². The van der Waals surface area contributed by atoms with Crippen molar-refractivity contribution < 1.29 is 4.79 Å². The van der Waals surface area contributed by atoms with E-state index in [-0.39, 0.29) is 5.91 Å². The van der Waals surface area contributed by atoms with Crippen molar-refractivity contribution in [2.75, 3.05) is 10.6 Å². The zero-order valence-electron chi connectivity index (χ0n) is 20.3. The Morgan fingerprint density at radius 2 is 1.89 bits per heavy atom. The molecule has 0 saturated carbocycles. The van der Waals surface area contributed by atoms with Gasteiger partial charge in [0.25, 0.3) is 0 Å². The normalized spacial score (nSPS) is 12.1. The lowest BCUT2D eigenvalue weighted by Gasteiger charge is -2.17. The molecule has 0 bridgehead atoms. The number of hydrogen-bond acceptors (Lipinski definition) is 8. The Labute approximate surface area is 206 Å². The summed E-state index contributed by atoms with van der Waals surface area (Å²) in [7, 11) is 0. The second-order valence-corrected chi connectivity index (χ2v) is 10.8. The minimum Gasteiger partial charge on any atom is -0.308 e. The molecule has 5 rings (SSSR count). The van der Waals surface area contributed by atoms with Crippen molar-refractivity contribution in [2.24, 2.45) is 11.3 Å². The maximum atomic E-state index is 12.9. The molecule has 0 atom stereocenters. The fourth-order valence-corrected chi connectivity index (χ4v) is 4.40. The topological polar surface area (TPSA) is 115 Å². The summed E-state index contributed by atoms with van der Waals surface area (Å²) >= 11 is 1.51. The van der Waals surface area contributed by atoms with E-state index in [1.165, 1.54) is 11.3 Å². The van der Waals surface area contributed by atoms with Crippen molar-refractivity contribution >= 4 is 55.5 Å². The third-order valence-corrected chi connectivity index (χ3v) is 6.21. The van der Waals surface area contributed by atoms with Crippen molar-refractivity contribution in [2.45, 2.75) is 41.2 Å². The van der Waals surface area contributed by atoms with E-state index in [1.54, 1.807) is 10.9 Å². The first kappa shape index (κ1) is 22.9. The summed E-state index contributed by atoms with van der Waals surface area (Å²) < 4.78 is 4.76. The number of imidazole rings is 1. The second kappa shape index (κ2) is 8.73. The third kappa shape index (κ3) is 4.59. The first-order valence-electron chi connectivity index (χ1n) is 11.4. The highest BCUT2D eigenvalue weighted by molar-refractivity contribution is 7.22. The monoisotopic (exact) mass is 489 g/mol. The summed E-state index contributed by atoms with van der Waals surface area (Å²) in [6.45, 7) is 10.5. The predicted octanol–water partition coefficient (Wildman–Crippen LogP) is 5.01. The Kier molecular flexibility index (Phi) is 5.72. The molecule has 0 aliphatic rings. The SMILES string of the molecule is CC(C)Cn1c(-n2cccn2)nc2c(NC(=O)C(C)(C)C)nc(Nc3nc4ccccc4s3)nc21. The fourth-order valence-electron chi connectivity index (χ4n) is 3.54. The quantitative estimate of drug-likeness (QED) is 0.345. The van der Waals surface area contributed by atoms with Crippen molar-refractivity contribution in [3.05, 3.63) is 42.7 Å². The molecule has 35 heavy (non-hydrogen) atoms. The molecular formula is C24H27N9OS. The van der Waals surface area contributed by atoms with Gasteiger partial charge in [-0.3, -0.25) is 14.7 Å². The van der Waals surface area contributed by atoms with Crippen LogP contribution in [0.5, 0.6) is 0 Å². The van der Waals surface area contributed by atoms with Gasteiger partial charge in [0, 0.05) is 24.4 Å². The highest BCUT2D eigenvalue weighted by Gasteiger charge is 2.26. The van der Waals surface area contributed by atoms with E-state index in [9.17, 15) is 4.79 Å². The second-order valence-electron chi connectivity index (χ2n) is 9.75. The summed E-state index contributed by atoms with van der Waals surface area (Å²) in [5, 5.41) is 11.2. The summed E-state index contributed by atoms with van der Waals surface area (Å²) in [6.07, 6.45) is 3.53. The molecule has 1 amide bonds. The van der Waals surface area contributed by atoms with E-state index in [4.69, 9.17) is 9.97 Å². The highest BCUT2D eigenvalue weighted by atomic mass is 32.1. The van der Waals surface area contributed by atoms with Crippen LogP contribution in [0.2, 0.25) is 0 Å². The zero-order valence-corrected chi connectivity index (χ0v) is 21.1. The van der Waals surface area contributed by atoms with Gasteiger partial charge < -0.3 is 5.32 Å². The number of fused-ring (bicyclic) bond motifs is 2. The van der Waals surface area contributed by atoms with Crippen molar-refractivity contribution in [3.8, 4) is 5.95 Å². The lowest BCUT2D eigenvalue weighted by atomic mass is 9.96. The first-order chi connectivity index (χ1) is 16.7. The van der Waals surface area contributed by atoms with Crippen LogP contribution in [0.3, 0.4) is 0 Å². The Morgan fingerprint density at radius 1 is 1.09 bits per heavy atom. The Balaban J connectivity index is 1.67. The highest BCUT2D eigenvalue weighted by Crippen LogP contribution is 2.30. The number of anilines is 3. The first-order valence-corrected chi connectivity index (χ1v) is 12.2. The van der Waals surface area contributed by atoms with Crippen LogP contribution in [0, 0.1) is 11.3 Å². The number of amides is 1. The molecule has 180 valence electrons. The number of aromatic nitrogens is 7. The Hall–Kier alpha value is -3.86. The van der Waals surface area contributed by atoms with Gasteiger partial charge in [-0.15, -0.1) is 0 Å². The number of carbonyl (C=O) groups is 1. The van der Waals surface area contributed by atoms with Gasteiger partial charge in [0.05, 0.1) is 10.2 Å². The molecule has 0 unspecified atom stereocenters. The molecule has 0 saturated heterocycles. The fraction of sp³-hybridized carbons (Fsp3) is 0.333. The van der Waals surface area contributed by atoms with Crippen LogP contribution in [0.25, 0.3) is 27.3 Å². The number of nitrogens with one attached hydrogen (secondary N) is 2. The van der Waals surface area contributed by atoms with Gasteiger partial charge in [-0.25, -0.2) is 14.6 Å². The van der Waals surface area contributed by atoms with Crippen LogP contribution in [-0.4, -0.2) is 40.2 Å². The Bertz CT molecular complexity index is 1480. The van der Waals surface area contributed by atoms with Gasteiger partial charge in [0.15, 0.2) is 22.1 Å². The number of thiazole rings is 1. The van der Waals surface area contributed by atoms with Gasteiger partial charge in [0.2, 0.25) is 17.8 Å². The van der Waals surface area contributed by atoms with Crippen LogP contribution in [0.15, 0.2) is 42.7 Å². The number of rotatable bonds is 6. The molecule has 10 nitrogen and oxygen atoms in total. The molecule has 0 aliphatic carbocycles. The molecule has 5 aromatic rings. The maximum Gasteiger partial charge on any atom is 0.233 e. The molecule has 1 aromatic carbocycles. The van der Waals surface area contributed by atoms with E-state index in [1.807, 2.05) is 61.9 Å². The number of para-hydroxylation sites is 1. The average molecular weight is 490 g/mol. The number of benzene rings is 1.